The van der Waals surface area contributed by atoms with Crippen LogP contribution in [-0.2, 0) is 16.1 Å². The van der Waals surface area contributed by atoms with Gasteiger partial charge in [-0.25, -0.2) is 0 Å². The molecule has 21 heavy (non-hydrogen) atoms. The molecule has 1 aromatic heterocycles. The number of hydrogen-bond acceptors (Lipinski definition) is 3. The first-order valence-corrected chi connectivity index (χ1v) is 7.43. The number of carbonyl (C=O) groups is 2. The van der Waals surface area contributed by atoms with Crippen molar-refractivity contribution in [2.75, 3.05) is 20.1 Å². The molecule has 0 spiro atoms. The second kappa shape index (κ2) is 9.10. The number of unbranched alkanes of at least 4 members (excludes halogenated alkanes) is 1. The first-order valence-electron chi connectivity index (χ1n) is 7.43. The molecule has 0 aliphatic rings. The van der Waals surface area contributed by atoms with Crippen molar-refractivity contribution in [2.24, 2.45) is 0 Å². The summed E-state index contributed by atoms with van der Waals surface area (Å²) in [5.74, 6) is 0.0590. The highest BCUT2D eigenvalue weighted by atomic mass is 16.2. The lowest BCUT2D eigenvalue weighted by molar-refractivity contribution is -0.133. The largest absolute Gasteiger partial charge is 0.346 e. The Kier molecular flexibility index (Phi) is 7.43. The molecule has 0 bridgehead atoms. The SMILES string of the molecule is CCCCN(C)C(=O)CCN(Cc1cccnc1)C(C)=O. The van der Waals surface area contributed by atoms with Gasteiger partial charge in [0.15, 0.2) is 0 Å². The number of nitrogens with zero attached hydrogens (tertiary/aromatic N) is 3. The lowest BCUT2D eigenvalue weighted by atomic mass is 10.2. The molecular weight excluding hydrogens is 266 g/mol. The predicted octanol–water partition coefficient (Wildman–Crippen LogP) is 2.08. The fourth-order valence-corrected chi connectivity index (χ4v) is 2.00. The maximum absolute atomic E-state index is 12.0. The second-order valence-electron chi connectivity index (χ2n) is 5.22. The van der Waals surface area contributed by atoms with Crippen LogP contribution in [0.3, 0.4) is 0 Å². The minimum Gasteiger partial charge on any atom is -0.346 e. The van der Waals surface area contributed by atoms with Crippen LogP contribution in [0.4, 0.5) is 0 Å². The molecule has 0 fully saturated rings. The number of aromatic nitrogens is 1. The minimum absolute atomic E-state index is 0.0251. The van der Waals surface area contributed by atoms with Crippen molar-refractivity contribution in [2.45, 2.75) is 39.7 Å². The predicted molar refractivity (Wildman–Crippen MR) is 82.5 cm³/mol. The van der Waals surface area contributed by atoms with Gasteiger partial charge in [0.1, 0.15) is 0 Å². The summed E-state index contributed by atoms with van der Waals surface area (Å²) in [6.45, 7) is 5.35. The fraction of sp³-hybridized carbons (Fsp3) is 0.562. The molecule has 0 aromatic carbocycles. The van der Waals surface area contributed by atoms with Crippen molar-refractivity contribution in [3.05, 3.63) is 30.1 Å². The van der Waals surface area contributed by atoms with Gasteiger partial charge in [-0.05, 0) is 18.1 Å². The third kappa shape index (κ3) is 6.38. The first kappa shape index (κ1) is 17.1. The molecule has 0 saturated heterocycles. The Bertz CT molecular complexity index is 448. The molecule has 0 radical (unpaired) electrons. The summed E-state index contributed by atoms with van der Waals surface area (Å²) in [5, 5.41) is 0. The molecule has 0 N–H and O–H groups in total. The zero-order valence-corrected chi connectivity index (χ0v) is 13.2. The molecule has 1 rings (SSSR count). The lowest BCUT2D eigenvalue weighted by Crippen LogP contribution is -2.34. The van der Waals surface area contributed by atoms with Gasteiger partial charge in [0, 0.05) is 52.4 Å². The van der Waals surface area contributed by atoms with Gasteiger partial charge in [-0.2, -0.15) is 0 Å². The van der Waals surface area contributed by atoms with Crippen LogP contribution in [0.1, 0.15) is 38.7 Å². The molecule has 5 heteroatoms. The van der Waals surface area contributed by atoms with Crippen LogP contribution in [0.5, 0.6) is 0 Å². The summed E-state index contributed by atoms with van der Waals surface area (Å²) in [6, 6.07) is 3.77. The van der Waals surface area contributed by atoms with E-state index in [1.807, 2.05) is 19.2 Å². The van der Waals surface area contributed by atoms with Crippen molar-refractivity contribution in [3.8, 4) is 0 Å². The lowest BCUT2D eigenvalue weighted by Gasteiger charge is -2.23. The van der Waals surface area contributed by atoms with E-state index >= 15 is 0 Å². The molecule has 2 amide bonds. The first-order chi connectivity index (χ1) is 10.0. The van der Waals surface area contributed by atoms with Crippen LogP contribution < -0.4 is 0 Å². The molecule has 0 aliphatic carbocycles. The smallest absolute Gasteiger partial charge is 0.224 e. The molecule has 0 atom stereocenters. The van der Waals surface area contributed by atoms with Gasteiger partial charge in [0.25, 0.3) is 0 Å². The number of hydrogen-bond donors (Lipinski definition) is 0. The molecule has 1 aromatic rings. The summed E-state index contributed by atoms with van der Waals surface area (Å²) in [4.78, 5) is 31.2. The third-order valence-electron chi connectivity index (χ3n) is 3.41. The van der Waals surface area contributed by atoms with Crippen LogP contribution in [0.2, 0.25) is 0 Å². The van der Waals surface area contributed by atoms with Crippen LogP contribution in [0.25, 0.3) is 0 Å². The zero-order valence-electron chi connectivity index (χ0n) is 13.2. The zero-order chi connectivity index (χ0) is 15.7. The number of carbonyl (C=O) groups excluding carboxylic acids is 2. The molecule has 116 valence electrons. The number of pyridine rings is 1. The van der Waals surface area contributed by atoms with E-state index in [0.717, 1.165) is 24.9 Å². The van der Waals surface area contributed by atoms with Crippen LogP contribution in [-0.4, -0.2) is 46.7 Å². The van der Waals surface area contributed by atoms with E-state index < -0.39 is 0 Å². The van der Waals surface area contributed by atoms with E-state index in [9.17, 15) is 9.59 Å². The normalized spacial score (nSPS) is 10.2. The summed E-state index contributed by atoms with van der Waals surface area (Å²) in [6.07, 6.45) is 5.88. The van der Waals surface area contributed by atoms with E-state index in [1.165, 1.54) is 6.92 Å². The molecular formula is C16H25N3O2. The quantitative estimate of drug-likeness (QED) is 0.737. The van der Waals surface area contributed by atoms with Gasteiger partial charge in [0.05, 0.1) is 0 Å². The molecule has 5 nitrogen and oxygen atoms in total. The number of amides is 2. The Hall–Kier alpha value is -1.91. The van der Waals surface area contributed by atoms with Crippen molar-refractivity contribution < 1.29 is 9.59 Å². The van der Waals surface area contributed by atoms with Crippen LogP contribution in [0, 0.1) is 0 Å². The Morgan fingerprint density at radius 3 is 2.62 bits per heavy atom. The van der Waals surface area contributed by atoms with Crippen molar-refractivity contribution in [3.63, 3.8) is 0 Å². The van der Waals surface area contributed by atoms with E-state index in [2.05, 4.69) is 11.9 Å². The summed E-state index contributed by atoms with van der Waals surface area (Å²) >= 11 is 0. The van der Waals surface area contributed by atoms with Gasteiger partial charge in [0.2, 0.25) is 11.8 Å². The van der Waals surface area contributed by atoms with E-state index in [0.29, 0.717) is 19.5 Å². The Morgan fingerprint density at radius 1 is 1.29 bits per heavy atom. The maximum atomic E-state index is 12.0. The summed E-state index contributed by atoms with van der Waals surface area (Å²) in [5.41, 5.74) is 0.972. The minimum atomic E-state index is -0.0251. The highest BCUT2D eigenvalue weighted by molar-refractivity contribution is 5.78. The van der Waals surface area contributed by atoms with E-state index in [1.54, 1.807) is 22.2 Å². The third-order valence-corrected chi connectivity index (χ3v) is 3.41. The van der Waals surface area contributed by atoms with E-state index in [-0.39, 0.29) is 11.8 Å². The second-order valence-corrected chi connectivity index (χ2v) is 5.22. The van der Waals surface area contributed by atoms with Gasteiger partial charge < -0.3 is 9.80 Å². The monoisotopic (exact) mass is 291 g/mol. The van der Waals surface area contributed by atoms with Crippen LogP contribution >= 0.6 is 0 Å². The average molecular weight is 291 g/mol. The fourth-order valence-electron chi connectivity index (χ4n) is 2.00. The van der Waals surface area contributed by atoms with Gasteiger partial charge in [-0.3, -0.25) is 14.6 Å². The summed E-state index contributed by atoms with van der Waals surface area (Å²) < 4.78 is 0. The number of rotatable bonds is 8. The topological polar surface area (TPSA) is 53.5 Å². The van der Waals surface area contributed by atoms with Crippen molar-refractivity contribution in [1.82, 2.24) is 14.8 Å². The maximum Gasteiger partial charge on any atom is 0.224 e. The van der Waals surface area contributed by atoms with Crippen LogP contribution in [0.15, 0.2) is 24.5 Å². The van der Waals surface area contributed by atoms with Crippen molar-refractivity contribution >= 4 is 11.8 Å². The Balaban J connectivity index is 2.48. The van der Waals surface area contributed by atoms with Gasteiger partial charge in [-0.15, -0.1) is 0 Å². The Morgan fingerprint density at radius 2 is 2.05 bits per heavy atom. The molecule has 1 heterocycles. The standard InChI is InChI=1S/C16H25N3O2/c1-4-5-10-18(3)16(21)8-11-19(14(2)20)13-15-7-6-9-17-12-15/h6-7,9,12H,4-5,8,10-11,13H2,1-3H3. The average Bonchev–Trinajstić information content (AvgIpc) is 2.49. The Labute approximate surface area is 127 Å². The molecule has 0 saturated carbocycles. The van der Waals surface area contributed by atoms with Gasteiger partial charge in [-0.1, -0.05) is 19.4 Å². The highest BCUT2D eigenvalue weighted by Gasteiger charge is 2.14. The van der Waals surface area contributed by atoms with Gasteiger partial charge >= 0.3 is 0 Å². The molecule has 0 unspecified atom stereocenters. The van der Waals surface area contributed by atoms with Crippen molar-refractivity contribution in [1.29, 1.82) is 0 Å². The summed E-state index contributed by atoms with van der Waals surface area (Å²) in [7, 11) is 1.82. The van der Waals surface area contributed by atoms with E-state index in [4.69, 9.17) is 0 Å². The molecule has 0 aliphatic heterocycles. The highest BCUT2D eigenvalue weighted by Crippen LogP contribution is 2.05.